The van der Waals surface area contributed by atoms with Gasteiger partial charge in [-0.2, -0.15) is 8.62 Å². The van der Waals surface area contributed by atoms with Crippen molar-refractivity contribution in [2.45, 2.75) is 24.6 Å². The van der Waals surface area contributed by atoms with Crippen molar-refractivity contribution in [3.63, 3.8) is 0 Å². The fourth-order valence-electron chi connectivity index (χ4n) is 1.56. The van der Waals surface area contributed by atoms with Crippen LogP contribution in [0.5, 0.6) is 0 Å². The van der Waals surface area contributed by atoms with Crippen molar-refractivity contribution < 1.29 is 56.3 Å². The highest BCUT2D eigenvalue weighted by Crippen LogP contribution is 2.66. The molecule has 0 amide bonds. The average Bonchev–Trinajstić information content (AvgIpc) is 2.48. The van der Waals surface area contributed by atoms with Gasteiger partial charge in [0.1, 0.15) is 14.0 Å². The molecule has 1 saturated heterocycles. The maximum Gasteiger partial charge on any atom is 0.490 e. The summed E-state index contributed by atoms with van der Waals surface area (Å²) in [5.41, 5.74) is 0. The van der Waals surface area contributed by atoms with Gasteiger partial charge < -0.3 is 29.4 Å². The Kier molecular flexibility index (Phi) is 6.37. The highest BCUT2D eigenvalue weighted by molar-refractivity contribution is 7.66. The summed E-state index contributed by atoms with van der Waals surface area (Å²) in [5.74, 6) is 0. The van der Waals surface area contributed by atoms with Gasteiger partial charge in [-0.15, -0.1) is 0 Å². The number of phosphoric acid groups is 3. The van der Waals surface area contributed by atoms with Crippen molar-refractivity contribution in [3.05, 3.63) is 0 Å². The van der Waals surface area contributed by atoms with Gasteiger partial charge in [0.05, 0.1) is 12.7 Å². The first-order valence-electron chi connectivity index (χ1n) is 5.41. The SMILES string of the molecule is B[C@H]1CC(O)[C@@H](COP(=O)(O)OP(=O)(O)OP(=O)(O)O)O1. The molecular weight excluding hydrogens is 356 g/mol. The molecule has 0 spiro atoms. The summed E-state index contributed by atoms with van der Waals surface area (Å²) in [6.07, 6.45) is -1.65. The minimum absolute atomic E-state index is 0.268. The van der Waals surface area contributed by atoms with Crippen LogP contribution in [0.1, 0.15) is 6.42 Å². The van der Waals surface area contributed by atoms with Gasteiger partial charge in [0.25, 0.3) is 0 Å². The van der Waals surface area contributed by atoms with E-state index in [1.54, 1.807) is 7.85 Å². The van der Waals surface area contributed by atoms with Crippen molar-refractivity contribution in [1.29, 1.82) is 0 Å². The monoisotopic (exact) mass is 370 g/mol. The lowest BCUT2D eigenvalue weighted by atomic mass is 9.96. The molecular formula is C5H14BO12P3. The summed E-state index contributed by atoms with van der Waals surface area (Å²) in [6.45, 7) is -0.644. The van der Waals surface area contributed by atoms with Gasteiger partial charge in [0.15, 0.2) is 0 Å². The highest BCUT2D eigenvalue weighted by Gasteiger charge is 2.42. The zero-order valence-electron chi connectivity index (χ0n) is 10.6. The number of aliphatic hydroxyl groups excluding tert-OH is 1. The number of hydrogen-bond donors (Lipinski definition) is 5. The molecule has 1 rings (SSSR count). The number of hydrogen-bond acceptors (Lipinski definition) is 8. The third-order valence-electron chi connectivity index (χ3n) is 2.23. The van der Waals surface area contributed by atoms with Crippen molar-refractivity contribution in [2.75, 3.05) is 6.61 Å². The molecule has 0 aromatic rings. The third-order valence-corrected chi connectivity index (χ3v) is 6.03. The number of aliphatic hydroxyl groups is 1. The van der Waals surface area contributed by atoms with Gasteiger partial charge in [-0.1, -0.05) is 0 Å². The highest BCUT2D eigenvalue weighted by atomic mass is 31.3. The molecule has 1 aliphatic heterocycles. The third kappa shape index (κ3) is 7.47. The molecule has 3 unspecified atom stereocenters. The van der Waals surface area contributed by atoms with Crippen molar-refractivity contribution in [2.24, 2.45) is 0 Å². The first-order valence-corrected chi connectivity index (χ1v) is 9.94. The zero-order valence-corrected chi connectivity index (χ0v) is 13.3. The van der Waals surface area contributed by atoms with Crippen LogP contribution in [0.4, 0.5) is 0 Å². The topological polar surface area (TPSA) is 189 Å². The molecule has 0 bridgehead atoms. The first kappa shape index (κ1) is 19.4. The van der Waals surface area contributed by atoms with Crippen LogP contribution in [0.25, 0.3) is 0 Å². The predicted octanol–water partition coefficient (Wildman–Crippen LogP) is -1.56. The smallest absolute Gasteiger partial charge is 0.390 e. The summed E-state index contributed by atoms with van der Waals surface area (Å²) in [7, 11) is -14.5. The lowest BCUT2D eigenvalue weighted by Gasteiger charge is -2.19. The minimum atomic E-state index is -5.53. The van der Waals surface area contributed by atoms with E-state index in [1.807, 2.05) is 0 Å². The molecule has 0 aliphatic carbocycles. The summed E-state index contributed by atoms with van der Waals surface area (Å²) in [5, 5.41) is 9.49. The maximum atomic E-state index is 11.4. The Hall–Kier alpha value is 0.395. The summed E-state index contributed by atoms with van der Waals surface area (Å²) >= 11 is 0. The minimum Gasteiger partial charge on any atom is -0.390 e. The maximum absolute atomic E-state index is 11.4. The van der Waals surface area contributed by atoms with Gasteiger partial charge in [0, 0.05) is 6.00 Å². The molecule has 124 valence electrons. The van der Waals surface area contributed by atoms with Gasteiger partial charge >= 0.3 is 23.5 Å². The van der Waals surface area contributed by atoms with E-state index in [1.165, 1.54) is 0 Å². The van der Waals surface area contributed by atoms with E-state index in [4.69, 9.17) is 24.3 Å². The van der Waals surface area contributed by atoms with Gasteiger partial charge in [-0.25, -0.2) is 13.7 Å². The van der Waals surface area contributed by atoms with Crippen LogP contribution in [0, 0.1) is 0 Å². The van der Waals surface area contributed by atoms with Crippen molar-refractivity contribution in [1.82, 2.24) is 0 Å². The van der Waals surface area contributed by atoms with Crippen LogP contribution < -0.4 is 0 Å². The largest absolute Gasteiger partial charge is 0.490 e. The summed E-state index contributed by atoms with van der Waals surface area (Å²) in [4.78, 5) is 34.7. The molecule has 1 aliphatic rings. The molecule has 21 heavy (non-hydrogen) atoms. The zero-order chi connectivity index (χ0) is 16.5. The Bertz CT molecular complexity index is 503. The van der Waals surface area contributed by atoms with E-state index in [-0.39, 0.29) is 12.4 Å². The van der Waals surface area contributed by atoms with Crippen molar-refractivity contribution >= 4 is 31.3 Å². The molecule has 5 N–H and O–H groups in total. The Morgan fingerprint density at radius 1 is 1.10 bits per heavy atom. The second kappa shape index (κ2) is 6.88. The van der Waals surface area contributed by atoms with E-state index in [2.05, 4.69) is 13.1 Å². The summed E-state index contributed by atoms with van der Waals surface area (Å²) < 4.78 is 49.3. The fraction of sp³-hybridized carbons (Fsp3) is 1.00. The molecule has 0 aromatic heterocycles. The number of phosphoric ester groups is 1. The Balaban J connectivity index is 2.56. The van der Waals surface area contributed by atoms with Crippen LogP contribution in [0.3, 0.4) is 0 Å². The van der Waals surface area contributed by atoms with E-state index in [9.17, 15) is 18.8 Å². The van der Waals surface area contributed by atoms with E-state index < -0.39 is 42.3 Å². The van der Waals surface area contributed by atoms with Crippen LogP contribution in [-0.4, -0.2) is 57.3 Å². The standard InChI is InChI=1S/C5H14BO12P3/c6-5-1-3(7)4(16-5)2-15-20(11,12)18-21(13,14)17-19(8,9)10/h3-5,7H,1-2,6H2,(H,11,12)(H,13,14)(H2,8,9,10)/t3?,4-,5-/m1/s1. The molecule has 1 fully saturated rings. The number of ether oxygens (including phenoxy) is 1. The van der Waals surface area contributed by atoms with Crippen molar-refractivity contribution in [3.8, 4) is 0 Å². The first-order chi connectivity index (χ1) is 9.30. The van der Waals surface area contributed by atoms with Crippen LogP contribution in [0.15, 0.2) is 0 Å². The predicted molar refractivity (Wildman–Crippen MR) is 67.6 cm³/mol. The lowest BCUT2D eigenvalue weighted by molar-refractivity contribution is -0.00418. The number of rotatable bonds is 7. The molecule has 1 heterocycles. The fourth-order valence-corrected chi connectivity index (χ4v) is 4.59. The Morgan fingerprint density at radius 3 is 2.10 bits per heavy atom. The molecule has 12 nitrogen and oxygen atoms in total. The normalized spacial score (nSPS) is 32.5. The van der Waals surface area contributed by atoms with Gasteiger partial charge in [-0.05, 0) is 6.42 Å². The van der Waals surface area contributed by atoms with Crippen LogP contribution in [-0.2, 0) is 31.6 Å². The molecule has 0 aromatic carbocycles. The second-order valence-electron chi connectivity index (χ2n) is 4.17. The molecule has 0 radical (unpaired) electrons. The quantitative estimate of drug-likeness (QED) is 0.256. The van der Waals surface area contributed by atoms with E-state index in [0.717, 1.165) is 0 Å². The Labute approximate surface area is 119 Å². The lowest BCUT2D eigenvalue weighted by Crippen LogP contribution is -2.26. The molecule has 16 heteroatoms. The van der Waals surface area contributed by atoms with E-state index in [0.29, 0.717) is 0 Å². The summed E-state index contributed by atoms with van der Waals surface area (Å²) in [6, 6.07) is -0.311. The molecule has 5 atom stereocenters. The van der Waals surface area contributed by atoms with Gasteiger partial charge in [-0.3, -0.25) is 4.52 Å². The van der Waals surface area contributed by atoms with Gasteiger partial charge in [0.2, 0.25) is 0 Å². The van der Waals surface area contributed by atoms with Crippen LogP contribution >= 0.6 is 23.5 Å². The molecule has 0 saturated carbocycles. The average molecular weight is 370 g/mol. The Morgan fingerprint density at radius 2 is 1.67 bits per heavy atom. The van der Waals surface area contributed by atoms with E-state index >= 15 is 0 Å². The van der Waals surface area contributed by atoms with Crippen LogP contribution in [0.2, 0.25) is 0 Å². The second-order valence-corrected chi connectivity index (χ2v) is 8.59.